The molecule has 0 unspecified atom stereocenters. The van der Waals surface area contributed by atoms with Crippen molar-refractivity contribution in [3.8, 4) is 0 Å². The lowest BCUT2D eigenvalue weighted by molar-refractivity contribution is -0.137. The van der Waals surface area contributed by atoms with Gasteiger partial charge in [0.15, 0.2) is 0 Å². The number of anilines is 3. The minimum absolute atomic E-state index is 0.0304. The molecule has 1 aromatic carbocycles. The van der Waals surface area contributed by atoms with Crippen LogP contribution in [0.2, 0.25) is 0 Å². The van der Waals surface area contributed by atoms with Crippen LogP contribution in [-0.2, 0) is 6.18 Å². The molecule has 244 valence electrons. The van der Waals surface area contributed by atoms with E-state index >= 15 is 0 Å². The number of benzene rings is 1. The van der Waals surface area contributed by atoms with E-state index in [9.17, 15) is 13.2 Å². The topological polar surface area (TPSA) is 124 Å². The molecule has 0 atom stereocenters. The van der Waals surface area contributed by atoms with E-state index in [1.165, 1.54) is 32.1 Å². The fourth-order valence-electron chi connectivity index (χ4n) is 5.37. The molecular weight excluding hydrogens is 589 g/mol. The highest BCUT2D eigenvalue weighted by molar-refractivity contribution is 6.17. The second kappa shape index (κ2) is 16.1. The second-order valence-corrected chi connectivity index (χ2v) is 11.4. The Kier molecular flexibility index (Phi) is 12.0. The zero-order chi connectivity index (χ0) is 33.1. The van der Waals surface area contributed by atoms with Crippen molar-refractivity contribution in [3.63, 3.8) is 0 Å². The third-order valence-electron chi connectivity index (χ3n) is 7.93. The third-order valence-corrected chi connectivity index (χ3v) is 7.93. The van der Waals surface area contributed by atoms with Gasteiger partial charge in [-0.25, -0.2) is 9.97 Å². The molecule has 2 aromatic heterocycles. The van der Waals surface area contributed by atoms with Gasteiger partial charge >= 0.3 is 6.18 Å². The van der Waals surface area contributed by atoms with Crippen LogP contribution in [0.4, 0.5) is 30.5 Å². The monoisotopic (exact) mass is 632 g/mol. The van der Waals surface area contributed by atoms with Gasteiger partial charge in [-0.1, -0.05) is 68.8 Å². The van der Waals surface area contributed by atoms with E-state index in [2.05, 4.69) is 44.4 Å². The number of pyridine rings is 2. The number of hydrogen-bond donors (Lipinski definition) is 6. The van der Waals surface area contributed by atoms with Crippen LogP contribution in [0.3, 0.4) is 0 Å². The first-order valence-electron chi connectivity index (χ1n) is 15.5. The number of nitrogens with two attached hydrogens (primary N) is 1. The number of halogens is 3. The zero-order valence-corrected chi connectivity index (χ0v) is 26.2. The summed E-state index contributed by atoms with van der Waals surface area (Å²) in [5, 5.41) is 21.8. The van der Waals surface area contributed by atoms with E-state index in [1.807, 2.05) is 12.2 Å². The van der Waals surface area contributed by atoms with Crippen molar-refractivity contribution < 1.29 is 13.2 Å². The van der Waals surface area contributed by atoms with Crippen LogP contribution in [0.15, 0.2) is 73.7 Å². The Labute approximate surface area is 269 Å². The number of aromatic nitrogens is 2. The summed E-state index contributed by atoms with van der Waals surface area (Å²) in [4.78, 5) is 8.45. The van der Waals surface area contributed by atoms with Gasteiger partial charge in [-0.05, 0) is 49.9 Å². The molecule has 0 saturated heterocycles. The number of rotatable bonds is 15. The summed E-state index contributed by atoms with van der Waals surface area (Å²) in [5.74, 6) is 0.511. The van der Waals surface area contributed by atoms with Crippen LogP contribution in [-0.4, -0.2) is 41.9 Å². The molecule has 1 fully saturated rings. The van der Waals surface area contributed by atoms with E-state index in [0.717, 1.165) is 50.0 Å². The second-order valence-electron chi connectivity index (χ2n) is 11.4. The van der Waals surface area contributed by atoms with Gasteiger partial charge in [0.2, 0.25) is 0 Å². The maximum atomic E-state index is 13.1. The van der Waals surface area contributed by atoms with Crippen LogP contribution in [0, 0.1) is 5.41 Å². The molecule has 0 radical (unpaired) electrons. The van der Waals surface area contributed by atoms with E-state index < -0.39 is 11.7 Å². The highest BCUT2D eigenvalue weighted by Gasteiger charge is 2.30. The summed E-state index contributed by atoms with van der Waals surface area (Å²) in [6, 6.07) is 9.34. The number of nitrogens with one attached hydrogen (secondary N) is 5. The Morgan fingerprint density at radius 3 is 2.46 bits per heavy atom. The summed E-state index contributed by atoms with van der Waals surface area (Å²) < 4.78 is 39.2. The standard InChI is InChI=1S/C35H43F3N8/c1-23(45-29-10-5-4-6-11-29)16-19-42-18-8-7-9-27-22-44-34(41-3)31(33(27)40)32(39)26-14-12-25(13-15-26)24(2)46-30-21-28(17-20-43-30)35(36,37)38/h7,9,12-15,17,20-22,29,39,42,45H,1-2,4-6,8,10-11,16,18-19H2,3H3,(H,43,46)(H3,40,41,44)/b9-7+,39-32?. The van der Waals surface area contributed by atoms with E-state index in [0.29, 0.717) is 45.5 Å². The van der Waals surface area contributed by atoms with Crippen molar-refractivity contribution in [3.05, 3.63) is 102 Å². The maximum Gasteiger partial charge on any atom is 0.416 e. The van der Waals surface area contributed by atoms with E-state index in [-0.39, 0.29) is 11.5 Å². The molecule has 4 rings (SSSR count). The van der Waals surface area contributed by atoms with Gasteiger partial charge in [0.05, 0.1) is 22.5 Å². The molecule has 0 spiro atoms. The first-order valence-corrected chi connectivity index (χ1v) is 15.5. The van der Waals surface area contributed by atoms with Crippen LogP contribution in [0.25, 0.3) is 11.8 Å². The van der Waals surface area contributed by atoms with Gasteiger partial charge in [0.25, 0.3) is 0 Å². The van der Waals surface area contributed by atoms with E-state index in [1.54, 1.807) is 37.5 Å². The number of hydrogen-bond acceptors (Lipinski definition) is 8. The average Bonchev–Trinajstić information content (AvgIpc) is 3.04. The summed E-state index contributed by atoms with van der Waals surface area (Å²) in [6.07, 6.45) is 10.4. The van der Waals surface area contributed by atoms with Gasteiger partial charge in [-0.15, -0.1) is 0 Å². The molecule has 0 aliphatic heterocycles. The Morgan fingerprint density at radius 1 is 1.04 bits per heavy atom. The zero-order valence-electron chi connectivity index (χ0n) is 26.2. The highest BCUT2D eigenvalue weighted by atomic mass is 19.4. The SMILES string of the molecule is C=C(CCNCC/C=C/c1cnc(NC)c(C(=N)c2ccc(C(=C)Nc3cc(C(F)(F)F)ccn3)cc2)c1N)NC1CCCCC1. The quantitative estimate of drug-likeness (QED) is 0.0760. The third kappa shape index (κ3) is 9.43. The molecule has 7 N–H and O–H groups in total. The fraction of sp³-hybridized carbons (Fsp3) is 0.343. The summed E-state index contributed by atoms with van der Waals surface area (Å²) >= 11 is 0. The molecule has 3 aromatic rings. The van der Waals surface area contributed by atoms with Crippen molar-refractivity contribution >= 4 is 34.8 Å². The first kappa shape index (κ1) is 34.2. The fourth-order valence-corrected chi connectivity index (χ4v) is 5.37. The average molecular weight is 633 g/mol. The Hall–Kier alpha value is -4.64. The van der Waals surface area contributed by atoms with Gasteiger partial charge in [-0.3, -0.25) is 5.41 Å². The van der Waals surface area contributed by atoms with Crippen molar-refractivity contribution in [2.24, 2.45) is 0 Å². The Morgan fingerprint density at radius 2 is 1.76 bits per heavy atom. The van der Waals surface area contributed by atoms with Crippen molar-refractivity contribution in [2.75, 3.05) is 36.5 Å². The minimum Gasteiger partial charge on any atom is -0.398 e. The molecule has 1 aliphatic rings. The minimum atomic E-state index is -4.47. The number of alkyl halides is 3. The van der Waals surface area contributed by atoms with Gasteiger partial charge in [0.1, 0.15) is 11.6 Å². The molecule has 2 heterocycles. The van der Waals surface area contributed by atoms with Crippen molar-refractivity contribution in [1.29, 1.82) is 5.41 Å². The molecule has 1 aliphatic carbocycles. The summed E-state index contributed by atoms with van der Waals surface area (Å²) in [5.41, 5.74) is 10.2. The lowest BCUT2D eigenvalue weighted by atomic mass is 9.95. The maximum absolute atomic E-state index is 13.1. The lowest BCUT2D eigenvalue weighted by Gasteiger charge is -2.25. The molecule has 46 heavy (non-hydrogen) atoms. The van der Waals surface area contributed by atoms with Gasteiger partial charge in [0, 0.05) is 54.5 Å². The van der Waals surface area contributed by atoms with Gasteiger partial charge in [-0.2, -0.15) is 13.2 Å². The smallest absolute Gasteiger partial charge is 0.398 e. The normalized spacial score (nSPS) is 13.8. The molecule has 11 heteroatoms. The molecule has 8 nitrogen and oxygen atoms in total. The summed E-state index contributed by atoms with van der Waals surface area (Å²) in [6.45, 7) is 9.79. The van der Waals surface area contributed by atoms with Crippen LogP contribution in [0.1, 0.15) is 72.8 Å². The van der Waals surface area contributed by atoms with Gasteiger partial charge < -0.3 is 27.0 Å². The number of nitrogens with zero attached hydrogens (tertiary/aromatic N) is 2. The predicted molar refractivity (Wildman–Crippen MR) is 183 cm³/mol. The predicted octanol–water partition coefficient (Wildman–Crippen LogP) is 7.44. The molecule has 0 amide bonds. The Bertz CT molecular complexity index is 1540. The molecule has 1 saturated carbocycles. The number of nitrogen functional groups attached to an aromatic ring is 1. The van der Waals surface area contributed by atoms with Crippen molar-refractivity contribution in [1.82, 2.24) is 20.6 Å². The van der Waals surface area contributed by atoms with Crippen molar-refractivity contribution in [2.45, 2.75) is 57.2 Å². The van der Waals surface area contributed by atoms with Crippen LogP contribution < -0.4 is 27.0 Å². The molecular formula is C35H43F3N8. The summed E-state index contributed by atoms with van der Waals surface area (Å²) in [7, 11) is 1.72. The largest absolute Gasteiger partial charge is 0.416 e. The molecule has 0 bridgehead atoms. The van der Waals surface area contributed by atoms with E-state index in [4.69, 9.17) is 11.1 Å². The first-order chi connectivity index (χ1) is 22.1. The highest BCUT2D eigenvalue weighted by Crippen LogP contribution is 2.31. The lowest BCUT2D eigenvalue weighted by Crippen LogP contribution is -2.31. The Balaban J connectivity index is 1.33. The van der Waals surface area contributed by atoms with Crippen LogP contribution in [0.5, 0.6) is 0 Å². The van der Waals surface area contributed by atoms with Crippen LogP contribution >= 0.6 is 0 Å².